The summed E-state index contributed by atoms with van der Waals surface area (Å²) in [5.41, 5.74) is 2.51. The van der Waals surface area contributed by atoms with Gasteiger partial charge in [-0.05, 0) is 61.2 Å². The number of anilines is 2. The molecule has 6 rings (SSSR count). The highest BCUT2D eigenvalue weighted by molar-refractivity contribution is 6.30. The molecule has 1 aliphatic carbocycles. The largest absolute Gasteiger partial charge is 0.324 e. The van der Waals surface area contributed by atoms with Gasteiger partial charge >= 0.3 is 0 Å². The minimum absolute atomic E-state index is 0.104. The molecule has 0 radical (unpaired) electrons. The molecule has 162 valence electrons. The van der Waals surface area contributed by atoms with Gasteiger partial charge in [0.2, 0.25) is 5.95 Å². The van der Waals surface area contributed by atoms with Gasteiger partial charge in [0.1, 0.15) is 11.2 Å². The lowest BCUT2D eigenvalue weighted by atomic mass is 10.00. The molecule has 4 heterocycles. The number of pyridine rings is 1. The molecule has 3 aromatic heterocycles. The number of hydrogen-bond acceptors (Lipinski definition) is 6. The molecular weight excluding hydrogens is 433 g/mol. The summed E-state index contributed by atoms with van der Waals surface area (Å²) in [4.78, 5) is 26.4. The van der Waals surface area contributed by atoms with Crippen LogP contribution in [0.25, 0.3) is 16.9 Å². The van der Waals surface area contributed by atoms with Crippen LogP contribution in [0.15, 0.2) is 41.5 Å². The number of aromatic nitrogens is 5. The SMILES string of the molecule is O=c1c2cnc(Nc3cc(F)c4c(c3)CNCC4)nc2n(-c2ccc(Cl)cn2)n1C1CC1. The lowest BCUT2D eigenvalue weighted by molar-refractivity contribution is 0.553. The standard InChI is InChI=1S/C22H19ClFN7O/c23-13-1-4-19(26-10-13)31-20-17(21(32)30(31)15-2-3-15)11-27-22(29-20)28-14-7-12-9-25-6-5-16(12)18(24)8-14/h1,4,7-8,10-11,15,25H,2-3,5-6,9H2,(H,27,28,29). The normalized spacial score (nSPS) is 15.7. The fraction of sp³-hybridized carbons (Fsp3) is 0.273. The molecule has 1 fully saturated rings. The van der Waals surface area contributed by atoms with E-state index in [2.05, 4.69) is 25.6 Å². The van der Waals surface area contributed by atoms with Gasteiger partial charge in [-0.2, -0.15) is 4.98 Å². The molecule has 0 amide bonds. The second-order valence-electron chi connectivity index (χ2n) is 8.11. The average Bonchev–Trinajstić information content (AvgIpc) is 3.59. The first-order chi connectivity index (χ1) is 15.6. The highest BCUT2D eigenvalue weighted by Crippen LogP contribution is 2.35. The Bertz CT molecular complexity index is 1410. The van der Waals surface area contributed by atoms with Crippen molar-refractivity contribution in [2.24, 2.45) is 0 Å². The Morgan fingerprint density at radius 1 is 1.19 bits per heavy atom. The van der Waals surface area contributed by atoms with Crippen molar-refractivity contribution in [3.05, 3.63) is 69.0 Å². The van der Waals surface area contributed by atoms with Gasteiger partial charge in [-0.15, -0.1) is 0 Å². The van der Waals surface area contributed by atoms with Gasteiger partial charge in [0, 0.05) is 24.6 Å². The van der Waals surface area contributed by atoms with Crippen molar-refractivity contribution < 1.29 is 4.39 Å². The Balaban J connectivity index is 1.46. The molecule has 2 N–H and O–H groups in total. The fourth-order valence-corrected chi connectivity index (χ4v) is 4.30. The third kappa shape index (κ3) is 3.25. The van der Waals surface area contributed by atoms with Crippen LogP contribution in [0.2, 0.25) is 5.02 Å². The van der Waals surface area contributed by atoms with Gasteiger partial charge in [0.15, 0.2) is 11.5 Å². The van der Waals surface area contributed by atoms with Gasteiger partial charge < -0.3 is 10.6 Å². The summed E-state index contributed by atoms with van der Waals surface area (Å²) < 4.78 is 18.0. The van der Waals surface area contributed by atoms with Crippen LogP contribution in [-0.2, 0) is 13.0 Å². The van der Waals surface area contributed by atoms with Crippen LogP contribution in [0.4, 0.5) is 16.0 Å². The molecule has 1 saturated carbocycles. The third-order valence-electron chi connectivity index (χ3n) is 5.86. The van der Waals surface area contributed by atoms with Gasteiger partial charge in [0.05, 0.1) is 11.1 Å². The lowest BCUT2D eigenvalue weighted by Crippen LogP contribution is -2.24. The highest BCUT2D eigenvalue weighted by Gasteiger charge is 2.31. The van der Waals surface area contributed by atoms with E-state index >= 15 is 0 Å². The van der Waals surface area contributed by atoms with Crippen molar-refractivity contribution in [3.8, 4) is 5.82 Å². The maximum Gasteiger partial charge on any atom is 0.278 e. The molecule has 10 heteroatoms. The molecule has 2 aliphatic rings. The van der Waals surface area contributed by atoms with Gasteiger partial charge in [-0.3, -0.25) is 4.79 Å². The Kier molecular flexibility index (Phi) is 4.48. The molecule has 0 atom stereocenters. The minimum atomic E-state index is -0.241. The molecule has 0 unspecified atom stereocenters. The van der Waals surface area contributed by atoms with Crippen molar-refractivity contribution in [3.63, 3.8) is 0 Å². The predicted octanol–water partition coefficient (Wildman–Crippen LogP) is 3.49. The van der Waals surface area contributed by atoms with Crippen LogP contribution in [-0.4, -0.2) is 30.9 Å². The summed E-state index contributed by atoms with van der Waals surface area (Å²) in [7, 11) is 0. The van der Waals surface area contributed by atoms with Crippen molar-refractivity contribution in [2.75, 3.05) is 11.9 Å². The smallest absolute Gasteiger partial charge is 0.278 e. The van der Waals surface area contributed by atoms with Crippen LogP contribution in [0.3, 0.4) is 0 Å². The number of nitrogens with zero attached hydrogens (tertiary/aromatic N) is 5. The van der Waals surface area contributed by atoms with E-state index in [1.54, 1.807) is 21.5 Å². The molecule has 8 nitrogen and oxygen atoms in total. The van der Waals surface area contributed by atoms with E-state index < -0.39 is 0 Å². The third-order valence-corrected chi connectivity index (χ3v) is 6.08. The van der Waals surface area contributed by atoms with E-state index in [9.17, 15) is 9.18 Å². The molecule has 1 aromatic carbocycles. The molecule has 0 bridgehead atoms. The second-order valence-corrected chi connectivity index (χ2v) is 8.54. The molecule has 32 heavy (non-hydrogen) atoms. The Hall–Kier alpha value is -3.30. The summed E-state index contributed by atoms with van der Waals surface area (Å²) in [6.07, 6.45) is 5.55. The van der Waals surface area contributed by atoms with E-state index in [1.807, 2.05) is 6.07 Å². The monoisotopic (exact) mass is 451 g/mol. The van der Waals surface area contributed by atoms with Crippen LogP contribution < -0.4 is 16.2 Å². The summed E-state index contributed by atoms with van der Waals surface area (Å²) in [6.45, 7) is 1.39. The Morgan fingerprint density at radius 2 is 2.06 bits per heavy atom. The minimum Gasteiger partial charge on any atom is -0.324 e. The van der Waals surface area contributed by atoms with Crippen LogP contribution in [0.1, 0.15) is 30.0 Å². The molecule has 4 aromatic rings. The molecular formula is C22H19ClFN7O. The second kappa shape index (κ2) is 7.39. The van der Waals surface area contributed by atoms with Crippen LogP contribution in [0.5, 0.6) is 0 Å². The fourth-order valence-electron chi connectivity index (χ4n) is 4.19. The van der Waals surface area contributed by atoms with E-state index in [0.29, 0.717) is 40.5 Å². The molecule has 0 spiro atoms. The van der Waals surface area contributed by atoms with E-state index in [0.717, 1.165) is 30.5 Å². The molecule has 0 saturated heterocycles. The quantitative estimate of drug-likeness (QED) is 0.493. The number of fused-ring (bicyclic) bond motifs is 2. The number of hydrogen-bond donors (Lipinski definition) is 2. The van der Waals surface area contributed by atoms with E-state index in [1.165, 1.54) is 18.5 Å². The van der Waals surface area contributed by atoms with Gasteiger partial charge in [-0.25, -0.2) is 23.7 Å². The summed E-state index contributed by atoms with van der Waals surface area (Å²) in [5, 5.41) is 7.26. The van der Waals surface area contributed by atoms with E-state index in [4.69, 9.17) is 11.6 Å². The Morgan fingerprint density at radius 3 is 2.84 bits per heavy atom. The number of halogens is 2. The highest BCUT2D eigenvalue weighted by atomic mass is 35.5. The van der Waals surface area contributed by atoms with Crippen molar-refractivity contribution in [1.29, 1.82) is 0 Å². The van der Waals surface area contributed by atoms with E-state index in [-0.39, 0.29) is 23.4 Å². The van der Waals surface area contributed by atoms with Gasteiger partial charge in [-0.1, -0.05) is 11.6 Å². The van der Waals surface area contributed by atoms with Crippen molar-refractivity contribution >= 4 is 34.3 Å². The maximum atomic E-state index is 14.6. The lowest BCUT2D eigenvalue weighted by Gasteiger charge is -2.19. The first-order valence-electron chi connectivity index (χ1n) is 10.5. The topological polar surface area (TPSA) is 89.7 Å². The summed E-state index contributed by atoms with van der Waals surface area (Å²) >= 11 is 6.00. The van der Waals surface area contributed by atoms with Crippen LogP contribution in [0, 0.1) is 5.82 Å². The zero-order chi connectivity index (χ0) is 21.8. The number of benzene rings is 1. The zero-order valence-electron chi connectivity index (χ0n) is 17.0. The zero-order valence-corrected chi connectivity index (χ0v) is 17.7. The van der Waals surface area contributed by atoms with Gasteiger partial charge in [0.25, 0.3) is 5.56 Å². The maximum absolute atomic E-state index is 14.6. The first-order valence-corrected chi connectivity index (χ1v) is 10.9. The van der Waals surface area contributed by atoms with Crippen molar-refractivity contribution in [1.82, 2.24) is 29.6 Å². The summed E-state index contributed by atoms with van der Waals surface area (Å²) in [6, 6.07) is 6.94. The van der Waals surface area contributed by atoms with Crippen molar-refractivity contribution in [2.45, 2.75) is 31.8 Å². The molecule has 1 aliphatic heterocycles. The Labute approximate surface area is 187 Å². The first kappa shape index (κ1) is 19.4. The average molecular weight is 452 g/mol. The number of nitrogens with one attached hydrogen (secondary N) is 2. The predicted molar refractivity (Wildman–Crippen MR) is 119 cm³/mol. The van der Waals surface area contributed by atoms with Crippen LogP contribution >= 0.6 is 11.6 Å². The summed E-state index contributed by atoms with van der Waals surface area (Å²) in [5.74, 6) is 0.579. The number of rotatable bonds is 4.